The van der Waals surface area contributed by atoms with Gasteiger partial charge < -0.3 is 14.8 Å². The molecule has 1 N–H and O–H groups in total. The van der Waals surface area contributed by atoms with Crippen molar-refractivity contribution in [2.75, 3.05) is 17.7 Å². The first-order chi connectivity index (χ1) is 15.8. The summed E-state index contributed by atoms with van der Waals surface area (Å²) in [5, 5.41) is 15.2. The summed E-state index contributed by atoms with van der Waals surface area (Å²) in [4.78, 5) is 4.73. The van der Waals surface area contributed by atoms with Crippen LogP contribution in [-0.4, -0.2) is 27.5 Å². The first kappa shape index (κ1) is 20.6. The molecule has 162 valence electrons. The number of hydrogen-bond donors (Lipinski definition) is 1. The second-order valence-electron chi connectivity index (χ2n) is 7.42. The maximum Gasteiger partial charge on any atom is 0.247 e. The van der Waals surface area contributed by atoms with Gasteiger partial charge in [-0.25, -0.2) is 0 Å². The molecule has 7 heteroatoms. The summed E-state index contributed by atoms with van der Waals surface area (Å²) in [5.41, 5.74) is 3.40. The molecule has 5 rings (SSSR count). The zero-order chi connectivity index (χ0) is 21.9. The summed E-state index contributed by atoms with van der Waals surface area (Å²) in [7, 11) is 0. The summed E-state index contributed by atoms with van der Waals surface area (Å²) < 4.78 is 12.5. The molecular formula is C25H24N4O2S. The summed E-state index contributed by atoms with van der Waals surface area (Å²) in [6.45, 7) is 4.68. The molecule has 0 spiro atoms. The molecule has 1 unspecified atom stereocenters. The van der Waals surface area contributed by atoms with Crippen molar-refractivity contribution in [2.45, 2.75) is 31.7 Å². The van der Waals surface area contributed by atoms with Gasteiger partial charge in [-0.3, -0.25) is 0 Å². The summed E-state index contributed by atoms with van der Waals surface area (Å²) in [6, 6.07) is 20.3. The van der Waals surface area contributed by atoms with E-state index in [1.54, 1.807) is 11.8 Å². The van der Waals surface area contributed by atoms with Crippen molar-refractivity contribution in [3.05, 3.63) is 66.2 Å². The lowest BCUT2D eigenvalue weighted by atomic mass is 10.0. The summed E-state index contributed by atoms with van der Waals surface area (Å²) in [5.74, 6) is 2.18. The van der Waals surface area contributed by atoms with Crippen LogP contribution in [0, 0.1) is 0 Å². The van der Waals surface area contributed by atoms with E-state index < -0.39 is 6.23 Å². The Kier molecular flexibility index (Phi) is 5.81. The zero-order valence-corrected chi connectivity index (χ0v) is 18.9. The van der Waals surface area contributed by atoms with Gasteiger partial charge in [-0.15, -0.1) is 10.2 Å². The van der Waals surface area contributed by atoms with Crippen molar-refractivity contribution in [1.82, 2.24) is 15.2 Å². The molecule has 0 saturated carbocycles. The zero-order valence-electron chi connectivity index (χ0n) is 18.0. The van der Waals surface area contributed by atoms with Crippen LogP contribution in [0.3, 0.4) is 0 Å². The van der Waals surface area contributed by atoms with Crippen LogP contribution in [0.5, 0.6) is 11.6 Å². The molecule has 0 radical (unpaired) electrons. The molecule has 3 aromatic carbocycles. The van der Waals surface area contributed by atoms with Crippen LogP contribution >= 0.6 is 11.8 Å². The molecule has 1 atom stereocenters. The number of nitrogens with one attached hydrogen (secondary N) is 1. The molecule has 1 aromatic heterocycles. The SMILES string of the molecule is CCCSc1nnc2c(n1)OC(c1c(OCC)ccc3ccccc13)Nc1ccccc1-2. The van der Waals surface area contributed by atoms with Crippen LogP contribution in [0.25, 0.3) is 22.0 Å². The van der Waals surface area contributed by atoms with Gasteiger partial charge >= 0.3 is 0 Å². The number of ether oxygens (including phenoxy) is 2. The van der Waals surface area contributed by atoms with Gasteiger partial charge in [0.15, 0.2) is 5.69 Å². The lowest BCUT2D eigenvalue weighted by Crippen LogP contribution is -2.19. The molecule has 32 heavy (non-hydrogen) atoms. The fraction of sp³-hybridized carbons (Fsp3) is 0.240. The molecule has 0 fully saturated rings. The number of para-hydroxylation sites is 1. The molecule has 4 aromatic rings. The number of rotatable bonds is 6. The van der Waals surface area contributed by atoms with E-state index in [1.807, 2.05) is 49.4 Å². The van der Waals surface area contributed by atoms with Crippen molar-refractivity contribution in [3.8, 4) is 22.9 Å². The average Bonchev–Trinajstić information content (AvgIpc) is 2.99. The van der Waals surface area contributed by atoms with E-state index >= 15 is 0 Å². The summed E-state index contributed by atoms with van der Waals surface area (Å²) in [6.07, 6.45) is 0.526. The highest BCUT2D eigenvalue weighted by Crippen LogP contribution is 2.43. The van der Waals surface area contributed by atoms with Gasteiger partial charge in [0.2, 0.25) is 17.3 Å². The third kappa shape index (κ3) is 3.84. The van der Waals surface area contributed by atoms with Gasteiger partial charge in [0, 0.05) is 17.0 Å². The molecule has 1 aliphatic heterocycles. The number of nitrogens with zero attached hydrogens (tertiary/aromatic N) is 3. The number of hydrogen-bond acceptors (Lipinski definition) is 7. The van der Waals surface area contributed by atoms with Gasteiger partial charge in [-0.1, -0.05) is 67.2 Å². The minimum Gasteiger partial charge on any atom is -0.493 e. The largest absolute Gasteiger partial charge is 0.493 e. The van der Waals surface area contributed by atoms with Crippen LogP contribution in [0.1, 0.15) is 32.1 Å². The van der Waals surface area contributed by atoms with Crippen molar-refractivity contribution >= 4 is 28.2 Å². The maximum absolute atomic E-state index is 6.52. The van der Waals surface area contributed by atoms with Gasteiger partial charge in [0.1, 0.15) is 5.75 Å². The van der Waals surface area contributed by atoms with E-state index in [4.69, 9.17) is 14.5 Å². The Hall–Kier alpha value is -3.32. The third-order valence-corrected chi connectivity index (χ3v) is 6.31. The van der Waals surface area contributed by atoms with Crippen molar-refractivity contribution in [1.29, 1.82) is 0 Å². The smallest absolute Gasteiger partial charge is 0.247 e. The predicted octanol–water partition coefficient (Wildman–Crippen LogP) is 6.10. The Morgan fingerprint density at radius 2 is 1.84 bits per heavy atom. The standard InChI is InChI=1S/C25H24N4O2S/c1-3-15-32-25-27-24-22(28-29-25)18-11-7-8-12-19(18)26-23(31-24)21-17-10-6-5-9-16(17)13-14-20(21)30-4-2/h5-14,23,26H,3-4,15H2,1-2H3. The highest BCUT2D eigenvalue weighted by atomic mass is 32.2. The number of benzene rings is 3. The molecule has 0 aliphatic carbocycles. The number of thioether (sulfide) groups is 1. The van der Waals surface area contributed by atoms with Crippen molar-refractivity contribution < 1.29 is 9.47 Å². The average molecular weight is 445 g/mol. The van der Waals surface area contributed by atoms with Crippen molar-refractivity contribution in [2.24, 2.45) is 0 Å². The first-order valence-corrected chi connectivity index (χ1v) is 11.8. The minimum absolute atomic E-state index is 0.469. The van der Waals surface area contributed by atoms with E-state index in [0.29, 0.717) is 23.3 Å². The number of aromatic nitrogens is 3. The first-order valence-electron chi connectivity index (χ1n) is 10.8. The number of anilines is 1. The predicted molar refractivity (Wildman–Crippen MR) is 128 cm³/mol. The molecule has 0 saturated heterocycles. The third-order valence-electron chi connectivity index (χ3n) is 5.26. The van der Waals surface area contributed by atoms with E-state index in [1.165, 1.54) is 0 Å². The van der Waals surface area contributed by atoms with Gasteiger partial charge in [0.25, 0.3) is 0 Å². The Bertz CT molecular complexity index is 1260. The second-order valence-corrected chi connectivity index (χ2v) is 8.48. The quantitative estimate of drug-likeness (QED) is 0.361. The topological polar surface area (TPSA) is 69.2 Å². The Morgan fingerprint density at radius 3 is 2.72 bits per heavy atom. The van der Waals surface area contributed by atoms with Crippen LogP contribution < -0.4 is 14.8 Å². The minimum atomic E-state index is -0.509. The van der Waals surface area contributed by atoms with E-state index in [-0.39, 0.29) is 0 Å². The van der Waals surface area contributed by atoms with Crippen LogP contribution in [0.4, 0.5) is 5.69 Å². The normalized spacial score (nSPS) is 14.6. The molecule has 0 amide bonds. The highest BCUT2D eigenvalue weighted by Gasteiger charge is 2.29. The lowest BCUT2D eigenvalue weighted by Gasteiger charge is -2.23. The van der Waals surface area contributed by atoms with E-state index in [9.17, 15) is 0 Å². The fourth-order valence-electron chi connectivity index (χ4n) is 3.86. The van der Waals surface area contributed by atoms with Crippen LogP contribution in [0.2, 0.25) is 0 Å². The number of fused-ring (bicyclic) bond motifs is 4. The Balaban J connectivity index is 1.68. The summed E-state index contributed by atoms with van der Waals surface area (Å²) >= 11 is 1.58. The van der Waals surface area contributed by atoms with E-state index in [0.717, 1.165) is 45.5 Å². The monoisotopic (exact) mass is 444 g/mol. The lowest BCUT2D eigenvalue weighted by molar-refractivity contribution is 0.218. The highest BCUT2D eigenvalue weighted by molar-refractivity contribution is 7.99. The van der Waals surface area contributed by atoms with Crippen LogP contribution in [-0.2, 0) is 0 Å². The van der Waals surface area contributed by atoms with Crippen molar-refractivity contribution in [3.63, 3.8) is 0 Å². The molecule has 1 aliphatic rings. The fourth-order valence-corrected chi connectivity index (χ4v) is 4.49. The molecular weight excluding hydrogens is 420 g/mol. The van der Waals surface area contributed by atoms with Gasteiger partial charge in [-0.2, -0.15) is 4.98 Å². The van der Waals surface area contributed by atoms with Gasteiger partial charge in [0.05, 0.1) is 12.2 Å². The van der Waals surface area contributed by atoms with E-state index in [2.05, 4.69) is 40.6 Å². The molecule has 2 heterocycles. The maximum atomic E-state index is 6.52. The Labute approximate surface area is 191 Å². The van der Waals surface area contributed by atoms with Crippen LogP contribution in [0.15, 0.2) is 65.8 Å². The molecule has 0 bridgehead atoms. The second kappa shape index (κ2) is 9.04. The Morgan fingerprint density at radius 1 is 1.00 bits per heavy atom. The van der Waals surface area contributed by atoms with Gasteiger partial charge in [-0.05, 0) is 36.2 Å². The molecule has 6 nitrogen and oxygen atoms in total.